The van der Waals surface area contributed by atoms with Crippen molar-refractivity contribution < 1.29 is 13.9 Å². The lowest BCUT2D eigenvalue weighted by molar-refractivity contribution is 0.0950. The summed E-state index contributed by atoms with van der Waals surface area (Å²) in [6.07, 6.45) is 4.55. The van der Waals surface area contributed by atoms with Crippen LogP contribution in [0.1, 0.15) is 26.8 Å². The second-order valence-electron chi connectivity index (χ2n) is 6.36. The first kappa shape index (κ1) is 19.6. The van der Waals surface area contributed by atoms with E-state index in [1.165, 1.54) is 23.1 Å². The third-order valence-electron chi connectivity index (χ3n) is 4.22. The van der Waals surface area contributed by atoms with Gasteiger partial charge in [0.05, 0.1) is 18.4 Å². The van der Waals surface area contributed by atoms with Crippen molar-refractivity contribution in [3.8, 4) is 10.9 Å². The first-order chi connectivity index (χ1) is 14.6. The Hall–Kier alpha value is -3.72. The summed E-state index contributed by atoms with van der Waals surface area (Å²) in [7, 11) is 0. The molecule has 30 heavy (non-hydrogen) atoms. The Bertz CT molecular complexity index is 1200. The van der Waals surface area contributed by atoms with Gasteiger partial charge in [-0.2, -0.15) is 0 Å². The Morgan fingerprint density at radius 1 is 1.27 bits per heavy atom. The zero-order chi connectivity index (χ0) is 20.9. The van der Waals surface area contributed by atoms with Crippen molar-refractivity contribution in [2.45, 2.75) is 20.1 Å². The number of rotatable bonds is 7. The summed E-state index contributed by atoms with van der Waals surface area (Å²) in [5, 5.41) is 3.14. The van der Waals surface area contributed by atoms with Crippen molar-refractivity contribution in [1.82, 2.24) is 19.9 Å². The lowest BCUT2D eigenvalue weighted by Gasteiger charge is -2.07. The highest BCUT2D eigenvalue weighted by Crippen LogP contribution is 2.21. The largest absolute Gasteiger partial charge is 0.489 e. The van der Waals surface area contributed by atoms with Gasteiger partial charge in [0.2, 0.25) is 5.89 Å². The van der Waals surface area contributed by atoms with Crippen molar-refractivity contribution in [3.05, 3.63) is 93.5 Å². The van der Waals surface area contributed by atoms with E-state index < -0.39 is 0 Å². The summed E-state index contributed by atoms with van der Waals surface area (Å²) >= 11 is 1.14. The molecule has 0 aliphatic rings. The van der Waals surface area contributed by atoms with E-state index in [-0.39, 0.29) is 18.0 Å². The van der Waals surface area contributed by atoms with E-state index in [4.69, 9.17) is 9.15 Å². The number of carbonyl (C=O) groups is 1. The number of hydrogen-bond acceptors (Lipinski definition) is 7. The topological polar surface area (TPSA) is 99.2 Å². The van der Waals surface area contributed by atoms with E-state index in [1.807, 2.05) is 30.3 Å². The summed E-state index contributed by atoms with van der Waals surface area (Å²) in [6, 6.07) is 12.8. The van der Waals surface area contributed by atoms with Gasteiger partial charge in [-0.15, -0.1) is 0 Å². The molecule has 0 saturated heterocycles. The van der Waals surface area contributed by atoms with E-state index in [2.05, 4.69) is 15.3 Å². The molecule has 8 nitrogen and oxygen atoms in total. The molecule has 0 fully saturated rings. The van der Waals surface area contributed by atoms with Gasteiger partial charge in [-0.1, -0.05) is 41.7 Å². The quantitative estimate of drug-likeness (QED) is 0.491. The molecule has 0 spiro atoms. The lowest BCUT2D eigenvalue weighted by atomic mass is 10.2. The van der Waals surface area contributed by atoms with Gasteiger partial charge in [-0.25, -0.2) is 9.97 Å². The molecule has 0 bridgehead atoms. The van der Waals surface area contributed by atoms with Gasteiger partial charge in [0, 0.05) is 12.3 Å². The number of hydrogen-bond donors (Lipinski definition) is 1. The first-order valence-electron chi connectivity index (χ1n) is 9.14. The summed E-state index contributed by atoms with van der Waals surface area (Å²) in [6.45, 7) is 2.27. The average molecular weight is 422 g/mol. The molecule has 152 valence electrons. The van der Waals surface area contributed by atoms with Gasteiger partial charge in [0.25, 0.3) is 11.5 Å². The highest BCUT2D eigenvalue weighted by Gasteiger charge is 2.17. The van der Waals surface area contributed by atoms with Crippen LogP contribution in [0.25, 0.3) is 5.13 Å². The zero-order valence-corrected chi connectivity index (χ0v) is 16.9. The van der Waals surface area contributed by atoms with Crippen LogP contribution in [-0.4, -0.2) is 20.4 Å². The van der Waals surface area contributed by atoms with Crippen LogP contribution in [-0.2, 0) is 13.2 Å². The standard InChI is InChI=1S/C21H18N4O4S/c1-14-19(20(27)23-12-17-22-8-10-28-17)30-21(24-14)25-9-7-16(11-18(25)26)29-13-15-5-3-2-4-6-15/h2-11H,12-13H2,1H3,(H,23,27). The highest BCUT2D eigenvalue weighted by atomic mass is 32.1. The normalized spacial score (nSPS) is 10.7. The molecule has 3 aromatic heterocycles. The minimum absolute atomic E-state index is 0.173. The maximum atomic E-state index is 12.6. The number of aryl methyl sites for hydroxylation is 1. The third-order valence-corrected chi connectivity index (χ3v) is 5.38. The highest BCUT2D eigenvalue weighted by molar-refractivity contribution is 7.16. The van der Waals surface area contributed by atoms with Crippen molar-refractivity contribution in [1.29, 1.82) is 0 Å². The van der Waals surface area contributed by atoms with Crippen LogP contribution < -0.4 is 15.6 Å². The maximum absolute atomic E-state index is 12.6. The number of pyridine rings is 1. The van der Waals surface area contributed by atoms with Gasteiger partial charge in [0.1, 0.15) is 23.5 Å². The maximum Gasteiger partial charge on any atom is 0.263 e. The second-order valence-corrected chi connectivity index (χ2v) is 7.34. The van der Waals surface area contributed by atoms with Crippen molar-refractivity contribution in [3.63, 3.8) is 0 Å². The van der Waals surface area contributed by atoms with E-state index in [9.17, 15) is 9.59 Å². The van der Waals surface area contributed by atoms with Crippen LogP contribution in [0.15, 0.2) is 70.3 Å². The van der Waals surface area contributed by atoms with Crippen molar-refractivity contribution >= 4 is 17.2 Å². The van der Waals surface area contributed by atoms with Crippen LogP contribution in [0.5, 0.6) is 5.75 Å². The number of aromatic nitrogens is 3. The predicted octanol–water partition coefficient (Wildman–Crippen LogP) is 3.10. The van der Waals surface area contributed by atoms with E-state index in [0.717, 1.165) is 16.9 Å². The smallest absolute Gasteiger partial charge is 0.263 e. The Balaban J connectivity index is 1.46. The number of nitrogens with one attached hydrogen (secondary N) is 1. The fourth-order valence-electron chi connectivity index (χ4n) is 2.72. The number of ether oxygens (including phenoxy) is 1. The zero-order valence-electron chi connectivity index (χ0n) is 16.1. The van der Waals surface area contributed by atoms with Gasteiger partial charge < -0.3 is 14.5 Å². The summed E-state index contributed by atoms with van der Waals surface area (Å²) in [5.74, 6) is 0.579. The molecule has 1 aromatic carbocycles. The van der Waals surface area contributed by atoms with Gasteiger partial charge in [-0.3, -0.25) is 14.2 Å². The molecule has 0 unspecified atom stereocenters. The number of oxazole rings is 1. The Kier molecular flexibility index (Phi) is 5.71. The Labute approximate surface area is 175 Å². The monoisotopic (exact) mass is 422 g/mol. The van der Waals surface area contributed by atoms with Gasteiger partial charge in [-0.05, 0) is 18.6 Å². The number of carbonyl (C=O) groups excluding carboxylic acids is 1. The first-order valence-corrected chi connectivity index (χ1v) is 9.95. The average Bonchev–Trinajstić information content (AvgIpc) is 3.41. The summed E-state index contributed by atoms with van der Waals surface area (Å²) in [5.41, 5.74) is 1.26. The van der Waals surface area contributed by atoms with Crippen LogP contribution >= 0.6 is 11.3 Å². The molecule has 0 atom stereocenters. The molecule has 4 rings (SSSR count). The van der Waals surface area contributed by atoms with Crippen LogP contribution in [0.4, 0.5) is 0 Å². The molecule has 0 radical (unpaired) electrons. The second kappa shape index (κ2) is 8.75. The van der Waals surface area contributed by atoms with Crippen LogP contribution in [0.3, 0.4) is 0 Å². The van der Waals surface area contributed by atoms with Crippen LogP contribution in [0, 0.1) is 6.92 Å². The summed E-state index contributed by atoms with van der Waals surface area (Å²) < 4.78 is 12.2. The van der Waals surface area contributed by atoms with E-state index in [0.29, 0.717) is 33.9 Å². The molecule has 3 heterocycles. The van der Waals surface area contributed by atoms with Crippen LogP contribution in [0.2, 0.25) is 0 Å². The Morgan fingerprint density at radius 2 is 2.10 bits per heavy atom. The molecule has 9 heteroatoms. The van der Waals surface area contributed by atoms with Gasteiger partial charge >= 0.3 is 0 Å². The minimum atomic E-state index is -0.301. The molecular formula is C21H18N4O4S. The minimum Gasteiger partial charge on any atom is -0.489 e. The molecule has 4 aromatic rings. The fraction of sp³-hybridized carbons (Fsp3) is 0.143. The SMILES string of the molecule is Cc1nc(-n2ccc(OCc3ccccc3)cc2=O)sc1C(=O)NCc1ncco1. The van der Waals surface area contributed by atoms with E-state index in [1.54, 1.807) is 19.2 Å². The number of nitrogens with zero attached hydrogens (tertiary/aromatic N) is 3. The van der Waals surface area contributed by atoms with Gasteiger partial charge in [0.15, 0.2) is 5.13 Å². The molecule has 0 saturated carbocycles. The number of thiazole rings is 1. The third kappa shape index (κ3) is 4.47. The molecule has 1 N–H and O–H groups in total. The van der Waals surface area contributed by atoms with Crippen molar-refractivity contribution in [2.75, 3.05) is 0 Å². The van der Waals surface area contributed by atoms with Crippen molar-refractivity contribution in [2.24, 2.45) is 0 Å². The predicted molar refractivity (Wildman–Crippen MR) is 111 cm³/mol. The molecule has 0 aliphatic heterocycles. The molecule has 1 amide bonds. The molecular weight excluding hydrogens is 404 g/mol. The Morgan fingerprint density at radius 3 is 2.83 bits per heavy atom. The molecule has 0 aliphatic carbocycles. The lowest BCUT2D eigenvalue weighted by Crippen LogP contribution is -2.22. The number of amides is 1. The van der Waals surface area contributed by atoms with E-state index >= 15 is 0 Å². The summed E-state index contributed by atoms with van der Waals surface area (Å²) in [4.78, 5) is 33.8. The fourth-order valence-corrected chi connectivity index (χ4v) is 3.69. The number of benzene rings is 1.